The van der Waals surface area contributed by atoms with Crippen LogP contribution in [0.2, 0.25) is 0 Å². The molecule has 9 heteroatoms. The average Bonchev–Trinajstić information content (AvgIpc) is 2.63. The number of piperidine rings is 1. The summed E-state index contributed by atoms with van der Waals surface area (Å²) in [5.41, 5.74) is -0.686. The fourth-order valence-electron chi connectivity index (χ4n) is 2.67. The Morgan fingerprint density at radius 3 is 2.65 bits per heavy atom. The minimum Gasteiger partial charge on any atom is -0.473 e. The molecule has 6 nitrogen and oxygen atoms in total. The molecule has 1 aromatic heterocycles. The Labute approximate surface area is 148 Å². The second kappa shape index (κ2) is 7.59. The van der Waals surface area contributed by atoms with Crippen molar-refractivity contribution in [1.29, 1.82) is 0 Å². The Morgan fingerprint density at radius 2 is 2.00 bits per heavy atom. The maximum atomic E-state index is 12.7. The van der Waals surface area contributed by atoms with Crippen LogP contribution in [0.15, 0.2) is 42.9 Å². The number of amides is 2. The fourth-order valence-corrected chi connectivity index (χ4v) is 2.67. The molecule has 3 rings (SSSR count). The van der Waals surface area contributed by atoms with Crippen LogP contribution in [0.4, 0.5) is 23.7 Å². The molecule has 1 N–H and O–H groups in total. The number of nitrogens with zero attached hydrogens (tertiary/aromatic N) is 3. The van der Waals surface area contributed by atoms with Crippen LogP contribution in [0.1, 0.15) is 18.4 Å². The van der Waals surface area contributed by atoms with E-state index in [0.717, 1.165) is 12.1 Å². The standard InChI is InChI=1S/C17H17F3N4O2/c18-17(19,20)12-2-1-3-13(10-12)23-16(25)24-8-4-14(5-9-24)26-15-11-21-6-7-22-15/h1-3,6-7,10-11,14H,4-5,8-9H2,(H,23,25). The summed E-state index contributed by atoms with van der Waals surface area (Å²) in [7, 11) is 0. The third kappa shape index (κ3) is 4.62. The number of carbonyl (C=O) groups is 1. The molecule has 0 atom stereocenters. The summed E-state index contributed by atoms with van der Waals surface area (Å²) >= 11 is 0. The summed E-state index contributed by atoms with van der Waals surface area (Å²) < 4.78 is 43.9. The molecule has 0 saturated carbocycles. The molecule has 0 radical (unpaired) electrons. The van der Waals surface area contributed by atoms with Crippen molar-refractivity contribution in [1.82, 2.24) is 14.9 Å². The highest BCUT2D eigenvalue weighted by Gasteiger charge is 2.31. The first-order valence-electron chi connectivity index (χ1n) is 8.08. The first-order valence-corrected chi connectivity index (χ1v) is 8.08. The van der Waals surface area contributed by atoms with Crippen LogP contribution < -0.4 is 10.1 Å². The van der Waals surface area contributed by atoms with Crippen molar-refractivity contribution in [3.05, 3.63) is 48.4 Å². The van der Waals surface area contributed by atoms with Gasteiger partial charge in [0.25, 0.3) is 0 Å². The van der Waals surface area contributed by atoms with Gasteiger partial charge in [-0.2, -0.15) is 13.2 Å². The third-order valence-corrected chi connectivity index (χ3v) is 4.00. The van der Waals surface area contributed by atoms with Crippen LogP contribution in [0.3, 0.4) is 0 Å². The summed E-state index contributed by atoms with van der Waals surface area (Å²) in [5, 5.41) is 2.51. The van der Waals surface area contributed by atoms with Gasteiger partial charge in [0.1, 0.15) is 6.10 Å². The molecule has 0 spiro atoms. The van der Waals surface area contributed by atoms with Gasteiger partial charge in [-0.1, -0.05) is 6.07 Å². The Hall–Kier alpha value is -2.84. The Balaban J connectivity index is 1.52. The summed E-state index contributed by atoms with van der Waals surface area (Å²) in [4.78, 5) is 21.8. The van der Waals surface area contributed by atoms with Crippen LogP contribution in [-0.4, -0.2) is 40.1 Å². The third-order valence-electron chi connectivity index (χ3n) is 4.00. The van der Waals surface area contributed by atoms with Gasteiger partial charge in [0.2, 0.25) is 5.88 Å². The predicted octanol–water partition coefficient (Wildman–Crippen LogP) is 3.57. The van der Waals surface area contributed by atoms with Crippen LogP contribution in [0, 0.1) is 0 Å². The number of alkyl halides is 3. The summed E-state index contributed by atoms with van der Waals surface area (Å²) in [5.74, 6) is 0.430. The van der Waals surface area contributed by atoms with E-state index in [2.05, 4.69) is 15.3 Å². The lowest BCUT2D eigenvalue weighted by Crippen LogP contribution is -2.43. The maximum absolute atomic E-state index is 12.7. The Kier molecular flexibility index (Phi) is 5.24. The number of benzene rings is 1. The molecule has 0 aliphatic carbocycles. The van der Waals surface area contributed by atoms with E-state index in [1.54, 1.807) is 11.1 Å². The minimum atomic E-state index is -4.45. The Morgan fingerprint density at radius 1 is 1.23 bits per heavy atom. The van der Waals surface area contributed by atoms with E-state index in [-0.39, 0.29) is 11.8 Å². The topological polar surface area (TPSA) is 67.4 Å². The number of halogens is 3. The van der Waals surface area contributed by atoms with E-state index in [1.165, 1.54) is 24.5 Å². The van der Waals surface area contributed by atoms with Gasteiger partial charge < -0.3 is 15.0 Å². The second-order valence-electron chi connectivity index (χ2n) is 5.86. The largest absolute Gasteiger partial charge is 0.473 e. The fraction of sp³-hybridized carbons (Fsp3) is 0.353. The van der Waals surface area contributed by atoms with Crippen molar-refractivity contribution in [2.45, 2.75) is 25.1 Å². The van der Waals surface area contributed by atoms with Crippen molar-refractivity contribution < 1.29 is 22.7 Å². The number of hydrogen-bond donors (Lipinski definition) is 1. The molecule has 1 fully saturated rings. The maximum Gasteiger partial charge on any atom is 0.416 e. The van der Waals surface area contributed by atoms with E-state index < -0.39 is 17.8 Å². The van der Waals surface area contributed by atoms with E-state index in [9.17, 15) is 18.0 Å². The summed E-state index contributed by atoms with van der Waals surface area (Å²) in [6.45, 7) is 0.880. The highest BCUT2D eigenvalue weighted by atomic mass is 19.4. The van der Waals surface area contributed by atoms with Crippen molar-refractivity contribution in [3.8, 4) is 5.88 Å². The van der Waals surface area contributed by atoms with Crippen molar-refractivity contribution >= 4 is 11.7 Å². The number of aromatic nitrogens is 2. The van der Waals surface area contributed by atoms with E-state index in [4.69, 9.17) is 4.74 Å². The predicted molar refractivity (Wildman–Crippen MR) is 87.7 cm³/mol. The smallest absolute Gasteiger partial charge is 0.416 e. The van der Waals surface area contributed by atoms with Gasteiger partial charge in [-0.05, 0) is 18.2 Å². The van der Waals surface area contributed by atoms with E-state index in [1.807, 2.05) is 0 Å². The number of hydrogen-bond acceptors (Lipinski definition) is 4. The zero-order valence-corrected chi connectivity index (χ0v) is 13.7. The zero-order chi connectivity index (χ0) is 18.6. The normalized spacial score (nSPS) is 15.6. The lowest BCUT2D eigenvalue weighted by atomic mass is 10.1. The van der Waals surface area contributed by atoms with Gasteiger partial charge in [-0.15, -0.1) is 0 Å². The second-order valence-corrected chi connectivity index (χ2v) is 5.86. The van der Waals surface area contributed by atoms with Crippen LogP contribution in [0.25, 0.3) is 0 Å². The number of anilines is 1. The number of likely N-dealkylation sites (tertiary alicyclic amines) is 1. The number of carbonyl (C=O) groups excluding carboxylic acids is 1. The van der Waals surface area contributed by atoms with Crippen molar-refractivity contribution in [2.75, 3.05) is 18.4 Å². The van der Waals surface area contributed by atoms with Gasteiger partial charge in [0, 0.05) is 44.0 Å². The van der Waals surface area contributed by atoms with Gasteiger partial charge >= 0.3 is 12.2 Å². The first-order chi connectivity index (χ1) is 12.4. The molecule has 1 aromatic carbocycles. The summed E-state index contributed by atoms with van der Waals surface area (Å²) in [6, 6.07) is 4.14. The molecular weight excluding hydrogens is 349 g/mol. The van der Waals surface area contributed by atoms with Crippen molar-refractivity contribution in [3.63, 3.8) is 0 Å². The number of ether oxygens (including phenoxy) is 1. The van der Waals surface area contributed by atoms with Crippen LogP contribution >= 0.6 is 0 Å². The number of rotatable bonds is 3. The molecule has 1 saturated heterocycles. The quantitative estimate of drug-likeness (QED) is 0.902. The van der Waals surface area contributed by atoms with Crippen LogP contribution in [0.5, 0.6) is 5.88 Å². The lowest BCUT2D eigenvalue weighted by Gasteiger charge is -2.31. The molecule has 26 heavy (non-hydrogen) atoms. The van der Waals surface area contributed by atoms with Gasteiger partial charge in [0.05, 0.1) is 11.8 Å². The SMILES string of the molecule is O=C(Nc1cccc(C(F)(F)F)c1)N1CCC(Oc2cnccn2)CC1. The number of urea groups is 1. The first kappa shape index (κ1) is 18.0. The lowest BCUT2D eigenvalue weighted by molar-refractivity contribution is -0.137. The number of nitrogens with one attached hydrogen (secondary N) is 1. The van der Waals surface area contributed by atoms with Crippen molar-refractivity contribution in [2.24, 2.45) is 0 Å². The highest BCUT2D eigenvalue weighted by Crippen LogP contribution is 2.30. The van der Waals surface area contributed by atoms with E-state index in [0.29, 0.717) is 31.8 Å². The van der Waals surface area contributed by atoms with Gasteiger partial charge in [0.15, 0.2) is 0 Å². The molecule has 2 aromatic rings. The molecule has 2 amide bonds. The van der Waals surface area contributed by atoms with Gasteiger partial charge in [-0.3, -0.25) is 4.98 Å². The zero-order valence-electron chi connectivity index (χ0n) is 13.7. The minimum absolute atomic E-state index is 0.0793. The molecular formula is C17H17F3N4O2. The average molecular weight is 366 g/mol. The summed E-state index contributed by atoms with van der Waals surface area (Å²) in [6.07, 6.45) is 1.28. The molecule has 2 heterocycles. The molecule has 0 bridgehead atoms. The van der Waals surface area contributed by atoms with Crippen LogP contribution in [-0.2, 0) is 6.18 Å². The Bertz CT molecular complexity index is 747. The van der Waals surface area contributed by atoms with Gasteiger partial charge in [-0.25, -0.2) is 9.78 Å². The van der Waals surface area contributed by atoms with E-state index >= 15 is 0 Å². The molecule has 1 aliphatic rings. The molecule has 1 aliphatic heterocycles. The monoisotopic (exact) mass is 366 g/mol. The molecule has 0 unspecified atom stereocenters. The molecule has 138 valence electrons. The highest BCUT2D eigenvalue weighted by molar-refractivity contribution is 5.89.